The molecule has 0 saturated carbocycles. The number of fused-ring (bicyclic) bond motifs is 1. The Morgan fingerprint density at radius 3 is 2.25 bits per heavy atom. The van der Waals surface area contributed by atoms with Gasteiger partial charge in [0.05, 0.1) is 15.4 Å². The first-order valence-corrected chi connectivity index (χ1v) is 7.37. The van der Waals surface area contributed by atoms with Crippen LogP contribution in [0.25, 0.3) is 11.0 Å². The van der Waals surface area contributed by atoms with Gasteiger partial charge < -0.3 is 9.73 Å². The van der Waals surface area contributed by atoms with Crippen molar-refractivity contribution < 1.29 is 17.6 Å². The van der Waals surface area contributed by atoms with E-state index in [1.54, 1.807) is 24.3 Å². The fourth-order valence-electron chi connectivity index (χ4n) is 2.11. The van der Waals surface area contributed by atoms with Crippen molar-refractivity contribution in [2.45, 2.75) is 6.18 Å². The van der Waals surface area contributed by atoms with E-state index < -0.39 is 17.4 Å². The first-order chi connectivity index (χ1) is 11.2. The molecule has 0 spiro atoms. The number of alkyl halides is 3. The standard InChI is InChI=1S/C16H8Cl2F3NO2/c17-11-4-2-8(5-12(11)18)22-9-1-3-10-13(23)7-15(16(19,20)21)24-14(10)6-9/h1-7,22H. The van der Waals surface area contributed by atoms with Crippen molar-refractivity contribution in [2.75, 3.05) is 5.32 Å². The SMILES string of the molecule is O=c1cc(C(F)(F)F)oc2cc(Nc3ccc(Cl)c(Cl)c3)ccc12. The van der Waals surface area contributed by atoms with E-state index in [4.69, 9.17) is 27.6 Å². The Kier molecular flexibility index (Phi) is 4.19. The maximum atomic E-state index is 12.7. The third kappa shape index (κ3) is 3.34. The van der Waals surface area contributed by atoms with Crippen molar-refractivity contribution in [1.82, 2.24) is 0 Å². The molecule has 0 fully saturated rings. The van der Waals surface area contributed by atoms with E-state index in [2.05, 4.69) is 5.32 Å². The second-order valence-electron chi connectivity index (χ2n) is 4.94. The minimum atomic E-state index is -4.74. The highest BCUT2D eigenvalue weighted by molar-refractivity contribution is 6.42. The molecule has 3 aromatic rings. The Morgan fingerprint density at radius 1 is 0.917 bits per heavy atom. The van der Waals surface area contributed by atoms with Crippen molar-refractivity contribution in [3.63, 3.8) is 0 Å². The molecule has 1 aromatic heterocycles. The first-order valence-electron chi connectivity index (χ1n) is 6.61. The molecule has 3 nitrogen and oxygen atoms in total. The van der Waals surface area contributed by atoms with Gasteiger partial charge in [0, 0.05) is 23.5 Å². The van der Waals surface area contributed by atoms with E-state index in [0.29, 0.717) is 27.5 Å². The van der Waals surface area contributed by atoms with E-state index in [-0.39, 0.29) is 11.0 Å². The molecule has 0 aliphatic rings. The van der Waals surface area contributed by atoms with Crippen LogP contribution in [-0.4, -0.2) is 0 Å². The molecule has 0 aliphatic carbocycles. The van der Waals surface area contributed by atoms with Gasteiger partial charge in [-0.1, -0.05) is 23.2 Å². The van der Waals surface area contributed by atoms with Crippen LogP contribution in [0.15, 0.2) is 51.7 Å². The third-order valence-corrected chi connectivity index (χ3v) is 3.96. The highest BCUT2D eigenvalue weighted by Crippen LogP contribution is 2.31. The van der Waals surface area contributed by atoms with Crippen molar-refractivity contribution in [3.8, 4) is 0 Å². The smallest absolute Gasteiger partial charge is 0.449 e. The van der Waals surface area contributed by atoms with Crippen molar-refractivity contribution in [1.29, 1.82) is 0 Å². The maximum Gasteiger partial charge on any atom is 0.449 e. The topological polar surface area (TPSA) is 42.2 Å². The number of hydrogen-bond acceptors (Lipinski definition) is 3. The predicted octanol–water partition coefficient (Wildman–Crippen LogP) is 5.86. The number of halogens is 5. The van der Waals surface area contributed by atoms with Crippen LogP contribution >= 0.6 is 23.2 Å². The van der Waals surface area contributed by atoms with Gasteiger partial charge >= 0.3 is 6.18 Å². The zero-order valence-electron chi connectivity index (χ0n) is 11.7. The zero-order chi connectivity index (χ0) is 17.5. The molecule has 0 atom stereocenters. The lowest BCUT2D eigenvalue weighted by atomic mass is 10.2. The normalized spacial score (nSPS) is 11.7. The summed E-state index contributed by atoms with van der Waals surface area (Å²) < 4.78 is 43.1. The Balaban J connectivity index is 2.03. The summed E-state index contributed by atoms with van der Waals surface area (Å²) in [6, 6.07) is 9.49. The van der Waals surface area contributed by atoms with E-state index in [9.17, 15) is 18.0 Å². The molecular weight excluding hydrogens is 366 g/mol. The van der Waals surface area contributed by atoms with Crippen LogP contribution < -0.4 is 10.7 Å². The summed E-state index contributed by atoms with van der Waals surface area (Å²) in [4.78, 5) is 11.8. The zero-order valence-corrected chi connectivity index (χ0v) is 13.3. The Hall–Kier alpha value is -2.18. The van der Waals surface area contributed by atoms with Gasteiger partial charge in [-0.05, 0) is 30.3 Å². The summed E-state index contributed by atoms with van der Waals surface area (Å²) in [6.07, 6.45) is -4.74. The molecule has 124 valence electrons. The molecular formula is C16H8Cl2F3NO2. The van der Waals surface area contributed by atoms with Crippen molar-refractivity contribution >= 4 is 45.5 Å². The maximum absolute atomic E-state index is 12.7. The molecule has 2 aromatic carbocycles. The van der Waals surface area contributed by atoms with Crippen LogP contribution in [0.3, 0.4) is 0 Å². The fraction of sp³-hybridized carbons (Fsp3) is 0.0625. The summed E-state index contributed by atoms with van der Waals surface area (Å²) in [7, 11) is 0. The molecule has 8 heteroatoms. The first kappa shape index (κ1) is 16.7. The predicted molar refractivity (Wildman–Crippen MR) is 87.2 cm³/mol. The minimum Gasteiger partial charge on any atom is -0.451 e. The monoisotopic (exact) mass is 373 g/mol. The van der Waals surface area contributed by atoms with Gasteiger partial charge in [-0.3, -0.25) is 4.79 Å². The van der Waals surface area contributed by atoms with E-state index >= 15 is 0 Å². The molecule has 24 heavy (non-hydrogen) atoms. The number of nitrogens with one attached hydrogen (secondary N) is 1. The minimum absolute atomic E-state index is 0.0580. The van der Waals surface area contributed by atoms with Gasteiger partial charge in [0.2, 0.25) is 5.76 Å². The molecule has 0 unspecified atom stereocenters. The van der Waals surface area contributed by atoms with Crippen LogP contribution in [0.5, 0.6) is 0 Å². The van der Waals surface area contributed by atoms with Crippen LogP contribution in [-0.2, 0) is 6.18 Å². The number of hydrogen-bond donors (Lipinski definition) is 1. The van der Waals surface area contributed by atoms with E-state index in [0.717, 1.165) is 0 Å². The van der Waals surface area contributed by atoms with Gasteiger partial charge in [0.25, 0.3) is 0 Å². The number of rotatable bonds is 2. The van der Waals surface area contributed by atoms with E-state index in [1.807, 2.05) is 0 Å². The van der Waals surface area contributed by atoms with Gasteiger partial charge in [-0.15, -0.1) is 0 Å². The highest BCUT2D eigenvalue weighted by Gasteiger charge is 2.34. The summed E-state index contributed by atoms with van der Waals surface area (Å²) in [5, 5.41) is 3.72. The van der Waals surface area contributed by atoms with Crippen LogP contribution in [0, 0.1) is 0 Å². The third-order valence-electron chi connectivity index (χ3n) is 3.22. The van der Waals surface area contributed by atoms with Crippen molar-refractivity contribution in [2.24, 2.45) is 0 Å². The lowest BCUT2D eigenvalue weighted by Crippen LogP contribution is -2.10. The molecule has 0 amide bonds. The second-order valence-corrected chi connectivity index (χ2v) is 5.75. The molecule has 0 saturated heterocycles. The Bertz CT molecular complexity index is 983. The molecule has 1 N–H and O–H groups in total. The summed E-state index contributed by atoms with van der Waals surface area (Å²) in [5.74, 6) is -1.34. The molecule has 0 bridgehead atoms. The second kappa shape index (κ2) is 6.03. The number of anilines is 2. The quantitative estimate of drug-likeness (QED) is 0.611. The average Bonchev–Trinajstić information content (AvgIpc) is 2.50. The average molecular weight is 374 g/mol. The largest absolute Gasteiger partial charge is 0.451 e. The highest BCUT2D eigenvalue weighted by atomic mass is 35.5. The van der Waals surface area contributed by atoms with Gasteiger partial charge in [0.1, 0.15) is 5.58 Å². The Morgan fingerprint density at radius 2 is 1.58 bits per heavy atom. The molecule has 0 radical (unpaired) electrons. The molecule has 1 heterocycles. The molecule has 0 aliphatic heterocycles. The van der Waals surface area contributed by atoms with Crippen molar-refractivity contribution in [3.05, 3.63) is 68.5 Å². The van der Waals surface area contributed by atoms with Crippen LogP contribution in [0.2, 0.25) is 10.0 Å². The van der Waals surface area contributed by atoms with Crippen LogP contribution in [0.4, 0.5) is 24.5 Å². The summed E-state index contributed by atoms with van der Waals surface area (Å²) in [6.45, 7) is 0. The van der Waals surface area contributed by atoms with Gasteiger partial charge in [-0.2, -0.15) is 13.2 Å². The Labute approximate surface area is 143 Å². The van der Waals surface area contributed by atoms with Crippen LogP contribution in [0.1, 0.15) is 5.76 Å². The lowest BCUT2D eigenvalue weighted by Gasteiger charge is -2.10. The summed E-state index contributed by atoms with van der Waals surface area (Å²) in [5.41, 5.74) is 0.0889. The number of benzene rings is 2. The van der Waals surface area contributed by atoms with E-state index in [1.165, 1.54) is 12.1 Å². The lowest BCUT2D eigenvalue weighted by molar-refractivity contribution is -0.152. The van der Waals surface area contributed by atoms with Gasteiger partial charge in [-0.25, -0.2) is 0 Å². The molecule has 3 rings (SSSR count). The fourth-order valence-corrected chi connectivity index (χ4v) is 2.41. The summed E-state index contributed by atoms with van der Waals surface area (Å²) >= 11 is 11.7. The van der Waals surface area contributed by atoms with Gasteiger partial charge in [0.15, 0.2) is 5.43 Å².